The van der Waals surface area contributed by atoms with Crippen LogP contribution in [0.3, 0.4) is 0 Å². The van der Waals surface area contributed by atoms with Crippen molar-refractivity contribution in [3.8, 4) is 0 Å². The molecule has 0 saturated carbocycles. The SMILES string of the molecule is Cc1ccc(Nc2cc(Nc3ccc(Cl)cc3[S+](C)[O-])c3c(=O)n(C)[nH]c3n2)nn1. The molecule has 0 saturated heterocycles. The Bertz CT molecular complexity index is 1280. The van der Waals surface area contributed by atoms with Gasteiger partial charge in [0.25, 0.3) is 5.56 Å². The minimum absolute atomic E-state index is 0.241. The molecule has 0 aliphatic heterocycles. The van der Waals surface area contributed by atoms with Gasteiger partial charge >= 0.3 is 0 Å². The summed E-state index contributed by atoms with van der Waals surface area (Å²) in [4.78, 5) is 17.6. The molecule has 0 fully saturated rings. The number of benzene rings is 1. The van der Waals surface area contributed by atoms with E-state index in [1.54, 1.807) is 43.6 Å². The van der Waals surface area contributed by atoms with Gasteiger partial charge in [0, 0.05) is 24.2 Å². The molecule has 4 rings (SSSR count). The van der Waals surface area contributed by atoms with Gasteiger partial charge in [-0.2, -0.15) is 5.10 Å². The lowest BCUT2D eigenvalue weighted by molar-refractivity contribution is 0.601. The molecule has 3 N–H and O–H groups in total. The second-order valence-corrected chi connectivity index (χ2v) is 8.44. The van der Waals surface area contributed by atoms with Gasteiger partial charge < -0.3 is 15.2 Å². The highest BCUT2D eigenvalue weighted by molar-refractivity contribution is 7.90. The van der Waals surface area contributed by atoms with Crippen molar-refractivity contribution in [1.29, 1.82) is 0 Å². The van der Waals surface area contributed by atoms with Crippen LogP contribution in [0, 0.1) is 6.92 Å². The summed E-state index contributed by atoms with van der Waals surface area (Å²) in [7, 11) is 1.61. The average molecular weight is 444 g/mol. The number of fused-ring (bicyclic) bond motifs is 1. The van der Waals surface area contributed by atoms with E-state index in [1.165, 1.54) is 4.68 Å². The van der Waals surface area contributed by atoms with Crippen molar-refractivity contribution in [2.45, 2.75) is 11.8 Å². The number of anilines is 4. The lowest BCUT2D eigenvalue weighted by Crippen LogP contribution is -2.12. The van der Waals surface area contributed by atoms with Crippen molar-refractivity contribution in [2.75, 3.05) is 16.9 Å². The Kier molecular flexibility index (Phi) is 5.37. The first kappa shape index (κ1) is 20.2. The highest BCUT2D eigenvalue weighted by atomic mass is 35.5. The highest BCUT2D eigenvalue weighted by Crippen LogP contribution is 2.31. The summed E-state index contributed by atoms with van der Waals surface area (Å²) in [5.74, 6) is 0.969. The fourth-order valence-electron chi connectivity index (χ4n) is 2.96. The van der Waals surface area contributed by atoms with E-state index in [2.05, 4.69) is 30.9 Å². The van der Waals surface area contributed by atoms with E-state index in [-0.39, 0.29) is 5.56 Å². The number of pyridine rings is 1. The molecule has 11 heteroatoms. The van der Waals surface area contributed by atoms with Crippen LogP contribution in [0.15, 0.2) is 46.1 Å². The van der Waals surface area contributed by atoms with Crippen molar-refractivity contribution >= 4 is 56.8 Å². The molecule has 0 aliphatic carbocycles. The summed E-state index contributed by atoms with van der Waals surface area (Å²) >= 11 is 4.78. The largest absolute Gasteiger partial charge is 0.612 e. The number of aryl methyl sites for hydroxylation is 2. The zero-order valence-corrected chi connectivity index (χ0v) is 17.9. The standard InChI is InChI=1S/C19H18ClN7O2S/c1-10-4-7-15(25-24-10)22-16-9-13(17-18(23-16)26-27(2)19(17)28)21-12-6-5-11(20)8-14(12)30(3)29/h4-9H,1-3H3,(H3,21,22,23,25,26). The third-order valence-electron chi connectivity index (χ3n) is 4.39. The van der Waals surface area contributed by atoms with Gasteiger partial charge in [0.05, 0.1) is 17.1 Å². The van der Waals surface area contributed by atoms with Gasteiger partial charge in [-0.1, -0.05) is 11.6 Å². The first-order valence-electron chi connectivity index (χ1n) is 8.89. The van der Waals surface area contributed by atoms with E-state index >= 15 is 0 Å². The van der Waals surface area contributed by atoms with Gasteiger partial charge in [-0.05, 0) is 42.4 Å². The molecule has 1 aromatic carbocycles. The Hall–Kier alpha value is -3.08. The fourth-order valence-corrected chi connectivity index (χ4v) is 3.92. The van der Waals surface area contributed by atoms with E-state index in [1.807, 2.05) is 13.0 Å². The van der Waals surface area contributed by atoms with Gasteiger partial charge in [0.1, 0.15) is 17.5 Å². The van der Waals surface area contributed by atoms with Crippen molar-refractivity contribution in [1.82, 2.24) is 25.0 Å². The van der Waals surface area contributed by atoms with Gasteiger partial charge in [-0.15, -0.1) is 5.10 Å². The molecular weight excluding hydrogens is 426 g/mol. The quantitative estimate of drug-likeness (QED) is 0.404. The number of aromatic amines is 1. The fraction of sp³-hybridized carbons (Fsp3) is 0.158. The molecule has 154 valence electrons. The second kappa shape index (κ2) is 7.98. The maximum absolute atomic E-state index is 12.6. The van der Waals surface area contributed by atoms with Crippen LogP contribution in [0.4, 0.5) is 23.0 Å². The van der Waals surface area contributed by atoms with Crippen molar-refractivity contribution in [2.24, 2.45) is 7.05 Å². The van der Waals surface area contributed by atoms with Crippen LogP contribution in [0.2, 0.25) is 5.02 Å². The number of hydrogen-bond donors (Lipinski definition) is 3. The summed E-state index contributed by atoms with van der Waals surface area (Å²) in [6.45, 7) is 1.85. The first-order valence-corrected chi connectivity index (χ1v) is 10.8. The predicted octanol–water partition coefficient (Wildman–Crippen LogP) is 3.24. The molecule has 0 bridgehead atoms. The molecule has 0 radical (unpaired) electrons. The van der Waals surface area contributed by atoms with Crippen LogP contribution in [0.1, 0.15) is 5.69 Å². The number of halogens is 1. The van der Waals surface area contributed by atoms with Crippen LogP contribution >= 0.6 is 11.6 Å². The molecule has 30 heavy (non-hydrogen) atoms. The Balaban J connectivity index is 1.82. The van der Waals surface area contributed by atoms with Gasteiger partial charge in [0.2, 0.25) is 0 Å². The minimum Gasteiger partial charge on any atom is -0.612 e. The third kappa shape index (κ3) is 3.97. The predicted molar refractivity (Wildman–Crippen MR) is 118 cm³/mol. The van der Waals surface area contributed by atoms with Crippen LogP contribution < -0.4 is 16.2 Å². The Morgan fingerprint density at radius 3 is 2.60 bits per heavy atom. The van der Waals surface area contributed by atoms with Gasteiger partial charge in [0.15, 0.2) is 16.4 Å². The molecule has 3 heterocycles. The number of aromatic nitrogens is 5. The van der Waals surface area contributed by atoms with Crippen molar-refractivity contribution < 1.29 is 4.55 Å². The summed E-state index contributed by atoms with van der Waals surface area (Å²) in [5, 5.41) is 18.2. The summed E-state index contributed by atoms with van der Waals surface area (Å²) in [6, 6.07) is 10.3. The zero-order valence-electron chi connectivity index (χ0n) is 16.4. The van der Waals surface area contributed by atoms with E-state index in [0.717, 1.165) is 5.69 Å². The Morgan fingerprint density at radius 2 is 1.90 bits per heavy atom. The Morgan fingerprint density at radius 1 is 1.10 bits per heavy atom. The third-order valence-corrected chi connectivity index (χ3v) is 5.58. The minimum atomic E-state index is -1.29. The lowest BCUT2D eigenvalue weighted by Gasteiger charge is -2.14. The summed E-state index contributed by atoms with van der Waals surface area (Å²) in [6.07, 6.45) is 1.57. The monoisotopic (exact) mass is 443 g/mol. The molecule has 0 amide bonds. The van der Waals surface area contributed by atoms with Gasteiger partial charge in [-0.3, -0.25) is 14.6 Å². The van der Waals surface area contributed by atoms with E-state index in [9.17, 15) is 9.35 Å². The lowest BCUT2D eigenvalue weighted by atomic mass is 10.2. The number of nitrogens with zero attached hydrogens (tertiary/aromatic N) is 4. The maximum Gasteiger partial charge on any atom is 0.277 e. The molecule has 3 aromatic heterocycles. The van der Waals surface area contributed by atoms with Crippen LogP contribution in [-0.2, 0) is 18.2 Å². The number of nitrogens with one attached hydrogen (secondary N) is 3. The Labute approximate surface area is 179 Å². The van der Waals surface area contributed by atoms with E-state index in [0.29, 0.717) is 44.0 Å². The van der Waals surface area contributed by atoms with Crippen molar-refractivity contribution in [3.63, 3.8) is 0 Å². The van der Waals surface area contributed by atoms with Crippen LogP contribution in [0.5, 0.6) is 0 Å². The zero-order chi connectivity index (χ0) is 21.4. The second-order valence-electron chi connectivity index (χ2n) is 6.66. The average Bonchev–Trinajstić information content (AvgIpc) is 2.99. The molecule has 0 spiro atoms. The number of rotatable bonds is 5. The molecule has 4 aromatic rings. The van der Waals surface area contributed by atoms with E-state index < -0.39 is 11.2 Å². The van der Waals surface area contributed by atoms with E-state index in [4.69, 9.17) is 11.6 Å². The summed E-state index contributed by atoms with van der Waals surface area (Å²) in [5.41, 5.74) is 2.02. The molecule has 1 unspecified atom stereocenters. The molecular formula is C19H18ClN7O2S. The molecule has 1 atom stereocenters. The smallest absolute Gasteiger partial charge is 0.277 e. The molecule has 0 aliphatic rings. The summed E-state index contributed by atoms with van der Waals surface area (Å²) < 4.78 is 13.5. The molecule has 9 nitrogen and oxygen atoms in total. The first-order chi connectivity index (χ1) is 14.3. The number of H-pyrrole nitrogens is 1. The van der Waals surface area contributed by atoms with Crippen molar-refractivity contribution in [3.05, 3.63) is 57.5 Å². The normalized spacial score (nSPS) is 12.2. The topological polar surface area (TPSA) is 124 Å². The van der Waals surface area contributed by atoms with Crippen LogP contribution in [-0.4, -0.2) is 35.8 Å². The van der Waals surface area contributed by atoms with Crippen LogP contribution in [0.25, 0.3) is 11.0 Å². The van der Waals surface area contributed by atoms with Gasteiger partial charge in [-0.25, -0.2) is 4.98 Å². The number of hydrogen-bond acceptors (Lipinski definition) is 7. The maximum atomic E-state index is 12.6. The highest BCUT2D eigenvalue weighted by Gasteiger charge is 2.18.